The Bertz CT molecular complexity index is 1210. The van der Waals surface area contributed by atoms with E-state index in [9.17, 15) is 13.2 Å². The fourth-order valence-corrected chi connectivity index (χ4v) is 3.82. The van der Waals surface area contributed by atoms with Crippen LogP contribution in [0.5, 0.6) is 0 Å². The third kappa shape index (κ3) is 5.25. The fourth-order valence-electron chi connectivity index (χ4n) is 2.67. The number of nitrogens with one attached hydrogen (secondary N) is 1. The molecular formula is C20H21ClN4O6S. The van der Waals surface area contributed by atoms with Crippen molar-refractivity contribution in [2.75, 3.05) is 32.6 Å². The van der Waals surface area contributed by atoms with Crippen LogP contribution in [0.15, 0.2) is 51.9 Å². The summed E-state index contributed by atoms with van der Waals surface area (Å²) in [7, 11) is -0.999. The van der Waals surface area contributed by atoms with E-state index in [1.807, 2.05) is 0 Å². The van der Waals surface area contributed by atoms with Crippen LogP contribution in [0.2, 0.25) is 5.02 Å². The van der Waals surface area contributed by atoms with Crippen molar-refractivity contribution < 1.29 is 27.6 Å². The van der Waals surface area contributed by atoms with Gasteiger partial charge < -0.3 is 19.7 Å². The highest BCUT2D eigenvalue weighted by Gasteiger charge is 2.22. The average molecular weight is 481 g/mol. The smallest absolute Gasteiger partial charge is 0.340 e. The zero-order chi connectivity index (χ0) is 23.3. The van der Waals surface area contributed by atoms with Gasteiger partial charge in [0.15, 0.2) is 6.61 Å². The summed E-state index contributed by atoms with van der Waals surface area (Å²) in [6.07, 6.45) is 0. The largest absolute Gasteiger partial charge is 0.454 e. The van der Waals surface area contributed by atoms with E-state index in [0.717, 1.165) is 4.31 Å². The molecule has 0 unspecified atom stereocenters. The molecule has 0 amide bonds. The monoisotopic (exact) mass is 480 g/mol. The number of carbonyl (C=O) groups excluding carboxylic acids is 1. The summed E-state index contributed by atoms with van der Waals surface area (Å²) in [6, 6.07) is 10.9. The maximum absolute atomic E-state index is 12.7. The number of halogens is 1. The zero-order valence-electron chi connectivity index (χ0n) is 17.3. The topological polar surface area (TPSA) is 135 Å². The molecule has 0 spiro atoms. The lowest BCUT2D eigenvalue weighted by Gasteiger charge is -2.15. The van der Waals surface area contributed by atoms with Crippen LogP contribution in [0, 0.1) is 0 Å². The summed E-state index contributed by atoms with van der Waals surface area (Å²) >= 11 is 6.12. The van der Waals surface area contributed by atoms with Crippen LogP contribution in [0.1, 0.15) is 16.2 Å². The van der Waals surface area contributed by atoms with Crippen molar-refractivity contribution in [2.24, 2.45) is 0 Å². The molecule has 3 rings (SSSR count). The highest BCUT2D eigenvalue weighted by molar-refractivity contribution is 7.89. The van der Waals surface area contributed by atoms with E-state index >= 15 is 0 Å². The summed E-state index contributed by atoms with van der Waals surface area (Å²) in [5.41, 5.74) is 0.833. The van der Waals surface area contributed by atoms with E-state index < -0.39 is 16.0 Å². The van der Waals surface area contributed by atoms with Gasteiger partial charge in [-0.3, -0.25) is 0 Å². The number of hydrogen-bond acceptors (Lipinski definition) is 9. The van der Waals surface area contributed by atoms with Crippen molar-refractivity contribution in [3.8, 4) is 11.5 Å². The van der Waals surface area contributed by atoms with Crippen LogP contribution in [0.25, 0.3) is 11.5 Å². The quantitative estimate of drug-likeness (QED) is 0.442. The Morgan fingerprint density at radius 2 is 2.00 bits per heavy atom. The molecule has 10 nitrogen and oxygen atoms in total. The molecule has 0 saturated carbocycles. The number of aliphatic hydroxyl groups excluding tert-OH is 1. The van der Waals surface area contributed by atoms with Gasteiger partial charge >= 0.3 is 5.97 Å². The minimum atomic E-state index is -3.77. The first-order chi connectivity index (χ1) is 15.2. The van der Waals surface area contributed by atoms with Gasteiger partial charge in [0.2, 0.25) is 15.8 Å². The first-order valence-corrected chi connectivity index (χ1v) is 11.2. The van der Waals surface area contributed by atoms with E-state index in [1.54, 1.807) is 24.3 Å². The van der Waals surface area contributed by atoms with Gasteiger partial charge in [0, 0.05) is 26.3 Å². The molecule has 1 heterocycles. The molecule has 0 radical (unpaired) electrons. The molecule has 32 heavy (non-hydrogen) atoms. The molecule has 0 aliphatic carbocycles. The zero-order valence-corrected chi connectivity index (χ0v) is 18.9. The normalized spacial score (nSPS) is 11.5. The van der Waals surface area contributed by atoms with Crippen molar-refractivity contribution in [2.45, 2.75) is 11.5 Å². The number of rotatable bonds is 9. The van der Waals surface area contributed by atoms with Gasteiger partial charge in [-0.1, -0.05) is 28.9 Å². The lowest BCUT2D eigenvalue weighted by Crippen LogP contribution is -2.23. The van der Waals surface area contributed by atoms with E-state index in [0.29, 0.717) is 16.3 Å². The number of aliphatic hydroxyl groups is 1. The third-order valence-corrected chi connectivity index (χ3v) is 6.46. The Balaban J connectivity index is 1.81. The number of esters is 1. The molecular weight excluding hydrogens is 460 g/mol. The van der Waals surface area contributed by atoms with E-state index in [4.69, 9.17) is 26.0 Å². The van der Waals surface area contributed by atoms with Crippen LogP contribution in [0.4, 0.5) is 5.69 Å². The number of aromatic nitrogens is 2. The van der Waals surface area contributed by atoms with Crippen LogP contribution in [-0.4, -0.2) is 61.2 Å². The second-order valence-corrected chi connectivity index (χ2v) is 9.28. The first-order valence-electron chi connectivity index (χ1n) is 9.40. The summed E-state index contributed by atoms with van der Waals surface area (Å²) in [5, 5.41) is 16.1. The van der Waals surface area contributed by atoms with Gasteiger partial charge in [-0.05, 0) is 30.3 Å². The van der Waals surface area contributed by atoms with Gasteiger partial charge in [-0.25, -0.2) is 17.5 Å². The Hall–Kier alpha value is -2.99. The second-order valence-electron chi connectivity index (χ2n) is 6.72. The summed E-state index contributed by atoms with van der Waals surface area (Å²) < 4.78 is 36.4. The van der Waals surface area contributed by atoms with Crippen molar-refractivity contribution in [3.05, 3.63) is 58.9 Å². The molecule has 12 heteroatoms. The van der Waals surface area contributed by atoms with Crippen LogP contribution >= 0.6 is 11.6 Å². The molecule has 0 saturated heterocycles. The number of carbonyl (C=O) groups is 1. The van der Waals surface area contributed by atoms with Crippen molar-refractivity contribution in [1.82, 2.24) is 14.4 Å². The van der Waals surface area contributed by atoms with Crippen LogP contribution < -0.4 is 5.32 Å². The molecule has 3 aromatic rings. The Kier molecular flexibility index (Phi) is 7.46. The van der Waals surface area contributed by atoms with E-state index in [2.05, 4.69) is 15.5 Å². The standard InChI is InChI=1S/C20H21ClN4O6S/c1-25(2)32(28,29)13-7-8-17(22-9-10-26)15(11-13)20(27)30-12-18-23-19(31-24-18)14-5-3-4-6-16(14)21/h3-8,11,22,26H,9-10,12H2,1-2H3. The molecule has 170 valence electrons. The molecule has 2 aromatic carbocycles. The number of nitrogens with zero attached hydrogens (tertiary/aromatic N) is 3. The number of benzene rings is 2. The number of hydrogen-bond donors (Lipinski definition) is 2. The maximum atomic E-state index is 12.7. The molecule has 0 aliphatic rings. The van der Waals surface area contributed by atoms with Crippen molar-refractivity contribution >= 4 is 33.3 Å². The van der Waals surface area contributed by atoms with E-state index in [-0.39, 0.29) is 41.9 Å². The third-order valence-electron chi connectivity index (χ3n) is 4.32. The molecule has 1 aromatic heterocycles. The first kappa shape index (κ1) is 23.7. The maximum Gasteiger partial charge on any atom is 0.340 e. The van der Waals surface area contributed by atoms with Gasteiger partial charge in [0.05, 0.1) is 27.7 Å². The predicted molar refractivity (Wildman–Crippen MR) is 117 cm³/mol. The highest BCUT2D eigenvalue weighted by atomic mass is 35.5. The number of ether oxygens (including phenoxy) is 1. The Morgan fingerprint density at radius 3 is 2.69 bits per heavy atom. The number of anilines is 1. The van der Waals surface area contributed by atoms with Crippen molar-refractivity contribution in [3.63, 3.8) is 0 Å². The predicted octanol–water partition coefficient (Wildman–Crippen LogP) is 2.40. The highest BCUT2D eigenvalue weighted by Crippen LogP contribution is 2.26. The minimum Gasteiger partial charge on any atom is -0.454 e. The fraction of sp³-hybridized carbons (Fsp3) is 0.250. The summed E-state index contributed by atoms with van der Waals surface area (Å²) in [6.45, 7) is -0.330. The van der Waals surface area contributed by atoms with Crippen LogP contribution in [-0.2, 0) is 21.4 Å². The molecule has 0 aliphatic heterocycles. The lowest BCUT2D eigenvalue weighted by molar-refractivity contribution is 0.0460. The van der Waals surface area contributed by atoms with Gasteiger partial charge in [-0.2, -0.15) is 4.98 Å². The van der Waals surface area contributed by atoms with Crippen LogP contribution in [0.3, 0.4) is 0 Å². The van der Waals surface area contributed by atoms with E-state index in [1.165, 1.54) is 32.3 Å². The molecule has 2 N–H and O–H groups in total. The minimum absolute atomic E-state index is 0.0174. The van der Waals surface area contributed by atoms with Crippen molar-refractivity contribution in [1.29, 1.82) is 0 Å². The number of sulfonamides is 1. The summed E-state index contributed by atoms with van der Waals surface area (Å²) in [5.74, 6) is -0.522. The van der Waals surface area contributed by atoms with Gasteiger partial charge in [0.1, 0.15) is 0 Å². The second kappa shape index (κ2) is 10.1. The van der Waals surface area contributed by atoms with Gasteiger partial charge in [0.25, 0.3) is 5.89 Å². The van der Waals surface area contributed by atoms with Gasteiger partial charge in [-0.15, -0.1) is 0 Å². The molecule has 0 atom stereocenters. The molecule has 0 bridgehead atoms. The summed E-state index contributed by atoms with van der Waals surface area (Å²) in [4.78, 5) is 16.8. The Labute approximate surface area is 189 Å². The molecule has 0 fully saturated rings. The average Bonchev–Trinajstić information content (AvgIpc) is 3.24. The Morgan fingerprint density at radius 1 is 1.25 bits per heavy atom. The lowest BCUT2D eigenvalue weighted by atomic mass is 10.2. The SMILES string of the molecule is CN(C)S(=O)(=O)c1ccc(NCCO)c(C(=O)OCc2noc(-c3ccccc3Cl)n2)c1.